The Balaban J connectivity index is 2.24. The lowest BCUT2D eigenvalue weighted by atomic mass is 10.2. The standard InChI is InChI=1S/C10H18N4O2S/c1-6(8-3-4-8)14-17(15,16)10-9(5-11)7(2)12-13-10/h6,8,14H,3-5,11H2,1-2H3,(H,12,13). The zero-order chi connectivity index (χ0) is 12.6. The van der Waals surface area contributed by atoms with E-state index in [1.165, 1.54) is 0 Å². The number of nitrogens with two attached hydrogens (primary N) is 1. The summed E-state index contributed by atoms with van der Waals surface area (Å²) in [5.41, 5.74) is 6.80. The normalized spacial score (nSPS) is 18.3. The number of H-pyrrole nitrogens is 1. The molecule has 0 aliphatic heterocycles. The van der Waals surface area contributed by atoms with Gasteiger partial charge in [-0.1, -0.05) is 0 Å². The molecule has 1 heterocycles. The fourth-order valence-corrected chi connectivity index (χ4v) is 3.41. The lowest BCUT2D eigenvalue weighted by Crippen LogP contribution is -2.34. The number of hydrogen-bond acceptors (Lipinski definition) is 4. The number of nitrogens with one attached hydrogen (secondary N) is 2. The topological polar surface area (TPSA) is 101 Å². The summed E-state index contributed by atoms with van der Waals surface area (Å²) in [6.07, 6.45) is 2.18. The van der Waals surface area contributed by atoms with Gasteiger partial charge >= 0.3 is 0 Å². The van der Waals surface area contributed by atoms with Gasteiger partial charge in [0.1, 0.15) is 0 Å². The van der Waals surface area contributed by atoms with E-state index < -0.39 is 10.0 Å². The molecule has 6 nitrogen and oxygen atoms in total. The summed E-state index contributed by atoms with van der Waals surface area (Å²) in [6, 6.07) is -0.0392. The third kappa shape index (κ3) is 2.51. The molecule has 1 aromatic heterocycles. The Morgan fingerprint density at radius 1 is 1.59 bits per heavy atom. The predicted molar refractivity (Wildman–Crippen MR) is 63.7 cm³/mol. The Morgan fingerprint density at radius 3 is 2.76 bits per heavy atom. The van der Waals surface area contributed by atoms with Gasteiger partial charge in [-0.2, -0.15) is 5.10 Å². The Labute approximate surface area is 101 Å². The van der Waals surface area contributed by atoms with Crippen molar-refractivity contribution in [3.63, 3.8) is 0 Å². The zero-order valence-electron chi connectivity index (χ0n) is 10.0. The minimum absolute atomic E-state index is 0.0324. The molecule has 0 bridgehead atoms. The molecule has 0 amide bonds. The molecule has 0 saturated heterocycles. The van der Waals surface area contributed by atoms with E-state index >= 15 is 0 Å². The third-order valence-corrected chi connectivity index (χ3v) is 4.69. The van der Waals surface area contributed by atoms with E-state index in [4.69, 9.17) is 5.73 Å². The minimum Gasteiger partial charge on any atom is -0.326 e. The van der Waals surface area contributed by atoms with Crippen LogP contribution in [0.3, 0.4) is 0 Å². The number of aryl methyl sites for hydroxylation is 1. The Morgan fingerprint density at radius 2 is 2.24 bits per heavy atom. The molecule has 1 aromatic rings. The number of nitrogens with zero attached hydrogens (tertiary/aromatic N) is 1. The molecule has 1 fully saturated rings. The van der Waals surface area contributed by atoms with Crippen LogP contribution >= 0.6 is 0 Å². The maximum Gasteiger partial charge on any atom is 0.260 e. The van der Waals surface area contributed by atoms with E-state index in [-0.39, 0.29) is 17.6 Å². The van der Waals surface area contributed by atoms with Gasteiger partial charge < -0.3 is 5.73 Å². The maximum absolute atomic E-state index is 12.1. The van der Waals surface area contributed by atoms with E-state index in [0.717, 1.165) is 12.8 Å². The van der Waals surface area contributed by atoms with Crippen LogP contribution in [0.25, 0.3) is 0 Å². The highest BCUT2D eigenvalue weighted by molar-refractivity contribution is 7.89. The quantitative estimate of drug-likeness (QED) is 0.705. The van der Waals surface area contributed by atoms with E-state index in [1.807, 2.05) is 6.92 Å². The summed E-state index contributed by atoms with van der Waals surface area (Å²) in [4.78, 5) is 0. The molecule has 96 valence electrons. The van der Waals surface area contributed by atoms with Gasteiger partial charge in [0.2, 0.25) is 0 Å². The Bertz CT molecular complexity index is 504. The van der Waals surface area contributed by atoms with Crippen molar-refractivity contribution in [2.75, 3.05) is 0 Å². The molecule has 1 aliphatic rings. The van der Waals surface area contributed by atoms with Crippen molar-refractivity contribution in [3.8, 4) is 0 Å². The summed E-state index contributed by atoms with van der Waals surface area (Å²) in [5, 5.41) is 6.53. The van der Waals surface area contributed by atoms with Crippen molar-refractivity contribution < 1.29 is 8.42 Å². The first-order valence-electron chi connectivity index (χ1n) is 5.72. The monoisotopic (exact) mass is 258 g/mol. The van der Waals surface area contributed by atoms with Crippen molar-refractivity contribution in [1.82, 2.24) is 14.9 Å². The van der Waals surface area contributed by atoms with E-state index in [1.54, 1.807) is 6.92 Å². The summed E-state index contributed by atoms with van der Waals surface area (Å²) in [6.45, 7) is 3.81. The zero-order valence-corrected chi connectivity index (χ0v) is 10.8. The van der Waals surface area contributed by atoms with Crippen molar-refractivity contribution in [2.24, 2.45) is 11.7 Å². The van der Waals surface area contributed by atoms with Gasteiger partial charge in [0.15, 0.2) is 5.03 Å². The van der Waals surface area contributed by atoms with E-state index in [9.17, 15) is 8.42 Å². The first-order valence-corrected chi connectivity index (χ1v) is 7.20. The maximum atomic E-state index is 12.1. The fourth-order valence-electron chi connectivity index (χ4n) is 1.89. The number of hydrogen-bond donors (Lipinski definition) is 3. The molecule has 1 saturated carbocycles. The Kier molecular flexibility index (Phi) is 3.24. The van der Waals surface area contributed by atoms with E-state index in [0.29, 0.717) is 17.2 Å². The Hall–Kier alpha value is -0.920. The fraction of sp³-hybridized carbons (Fsp3) is 0.700. The summed E-state index contributed by atoms with van der Waals surface area (Å²) >= 11 is 0. The largest absolute Gasteiger partial charge is 0.326 e. The van der Waals surface area contributed by atoms with Crippen LogP contribution in [-0.4, -0.2) is 24.7 Å². The van der Waals surface area contributed by atoms with Crippen LogP contribution in [0.1, 0.15) is 31.0 Å². The molecule has 2 rings (SSSR count). The molecule has 0 radical (unpaired) electrons. The third-order valence-electron chi connectivity index (χ3n) is 3.16. The first kappa shape index (κ1) is 12.5. The highest BCUT2D eigenvalue weighted by Crippen LogP contribution is 2.33. The SMILES string of the molecule is Cc1[nH]nc(S(=O)(=O)NC(C)C2CC2)c1CN. The van der Waals surface area contributed by atoms with Crippen LogP contribution < -0.4 is 10.5 Å². The molecular weight excluding hydrogens is 240 g/mol. The van der Waals surface area contributed by atoms with Crippen molar-refractivity contribution in [1.29, 1.82) is 0 Å². The molecule has 0 spiro atoms. The van der Waals surface area contributed by atoms with Gasteiger partial charge in [0, 0.05) is 23.8 Å². The average molecular weight is 258 g/mol. The number of aromatic nitrogens is 2. The van der Waals surface area contributed by atoms with Crippen molar-refractivity contribution >= 4 is 10.0 Å². The predicted octanol–water partition coefficient (Wildman–Crippen LogP) is 0.254. The van der Waals surface area contributed by atoms with Gasteiger partial charge in [0.25, 0.3) is 10.0 Å². The van der Waals surface area contributed by atoms with Crippen molar-refractivity contribution in [2.45, 2.75) is 44.3 Å². The summed E-state index contributed by atoms with van der Waals surface area (Å²) < 4.78 is 26.9. The second-order valence-corrected chi connectivity index (χ2v) is 6.21. The van der Waals surface area contributed by atoms with Crippen LogP contribution in [0, 0.1) is 12.8 Å². The van der Waals surface area contributed by atoms with Crippen LogP contribution in [-0.2, 0) is 16.6 Å². The molecule has 17 heavy (non-hydrogen) atoms. The van der Waals surface area contributed by atoms with Crippen LogP contribution in [0.4, 0.5) is 0 Å². The highest BCUT2D eigenvalue weighted by Gasteiger charge is 2.33. The lowest BCUT2D eigenvalue weighted by molar-refractivity contribution is 0.534. The summed E-state index contributed by atoms with van der Waals surface area (Å²) in [5.74, 6) is 0.464. The number of aromatic amines is 1. The number of rotatable bonds is 5. The molecule has 7 heteroatoms. The average Bonchev–Trinajstić information content (AvgIpc) is 3.01. The second kappa shape index (κ2) is 4.40. The van der Waals surface area contributed by atoms with Gasteiger partial charge in [-0.3, -0.25) is 5.10 Å². The molecule has 1 aliphatic carbocycles. The van der Waals surface area contributed by atoms with Gasteiger partial charge in [-0.25, -0.2) is 13.1 Å². The smallest absolute Gasteiger partial charge is 0.260 e. The van der Waals surface area contributed by atoms with E-state index in [2.05, 4.69) is 14.9 Å². The second-order valence-electron chi connectivity index (χ2n) is 4.58. The number of sulfonamides is 1. The van der Waals surface area contributed by atoms with Crippen LogP contribution in [0.15, 0.2) is 5.03 Å². The molecule has 0 aromatic carbocycles. The highest BCUT2D eigenvalue weighted by atomic mass is 32.2. The lowest BCUT2D eigenvalue weighted by Gasteiger charge is -2.12. The molecule has 1 unspecified atom stereocenters. The minimum atomic E-state index is -3.56. The molecule has 1 atom stereocenters. The van der Waals surface area contributed by atoms with Crippen LogP contribution in [0.2, 0.25) is 0 Å². The van der Waals surface area contributed by atoms with Gasteiger partial charge in [-0.05, 0) is 32.6 Å². The van der Waals surface area contributed by atoms with Crippen molar-refractivity contribution in [3.05, 3.63) is 11.3 Å². The van der Waals surface area contributed by atoms with Crippen LogP contribution in [0.5, 0.6) is 0 Å². The van der Waals surface area contributed by atoms with Gasteiger partial charge in [0.05, 0.1) is 0 Å². The summed E-state index contributed by atoms with van der Waals surface area (Å²) in [7, 11) is -3.56. The molecule has 4 N–H and O–H groups in total. The molecular formula is C10H18N4O2S. The van der Waals surface area contributed by atoms with Gasteiger partial charge in [-0.15, -0.1) is 0 Å². The first-order chi connectivity index (χ1) is 7.95.